The molecule has 3 nitrogen and oxygen atoms in total. The molecule has 0 heterocycles. The van der Waals surface area contributed by atoms with Crippen molar-refractivity contribution in [3.8, 4) is 0 Å². The van der Waals surface area contributed by atoms with Gasteiger partial charge >= 0.3 is 5.97 Å². The number of nitrogens with one attached hydrogen (secondary N) is 1. The molecule has 0 amide bonds. The van der Waals surface area contributed by atoms with Gasteiger partial charge in [-0.15, -0.1) is 0 Å². The number of carboxylic acid groups (broad SMARTS) is 1. The van der Waals surface area contributed by atoms with Crippen LogP contribution >= 0.6 is 0 Å². The van der Waals surface area contributed by atoms with Crippen LogP contribution in [0.15, 0.2) is 54.6 Å². The Hall–Kier alpha value is -2.29. The van der Waals surface area contributed by atoms with Crippen LogP contribution in [-0.4, -0.2) is 11.1 Å². The standard InChI is InChI=1S/C14H13NO2.C2H6/c16-14(17)12-6-8-13(9-7-12)15-10-11-4-2-1-3-5-11;1-2/h1-9,15H,10H2,(H,16,17);1-2H3. The van der Waals surface area contributed by atoms with E-state index >= 15 is 0 Å². The molecule has 0 saturated carbocycles. The summed E-state index contributed by atoms with van der Waals surface area (Å²) in [7, 11) is 0. The monoisotopic (exact) mass is 257 g/mol. The van der Waals surface area contributed by atoms with Crippen LogP contribution in [0.1, 0.15) is 29.8 Å². The highest BCUT2D eigenvalue weighted by Crippen LogP contribution is 2.11. The van der Waals surface area contributed by atoms with Gasteiger partial charge in [-0.25, -0.2) is 4.79 Å². The number of benzene rings is 2. The molecular weight excluding hydrogens is 238 g/mol. The van der Waals surface area contributed by atoms with Crippen molar-refractivity contribution in [1.82, 2.24) is 0 Å². The Labute approximate surface area is 113 Å². The zero-order chi connectivity index (χ0) is 14.1. The molecule has 2 aromatic carbocycles. The van der Waals surface area contributed by atoms with Crippen molar-refractivity contribution in [3.63, 3.8) is 0 Å². The first-order chi connectivity index (χ1) is 9.25. The molecule has 0 aliphatic heterocycles. The fourth-order valence-corrected chi connectivity index (χ4v) is 1.53. The summed E-state index contributed by atoms with van der Waals surface area (Å²) >= 11 is 0. The third kappa shape index (κ3) is 4.84. The average molecular weight is 257 g/mol. The fraction of sp³-hybridized carbons (Fsp3) is 0.188. The summed E-state index contributed by atoms with van der Waals surface area (Å²) < 4.78 is 0. The highest BCUT2D eigenvalue weighted by molar-refractivity contribution is 5.87. The molecule has 0 atom stereocenters. The van der Waals surface area contributed by atoms with Gasteiger partial charge in [0, 0.05) is 12.2 Å². The van der Waals surface area contributed by atoms with Crippen molar-refractivity contribution in [2.45, 2.75) is 20.4 Å². The summed E-state index contributed by atoms with van der Waals surface area (Å²) in [5.41, 5.74) is 2.41. The maximum absolute atomic E-state index is 10.7. The van der Waals surface area contributed by atoms with E-state index in [9.17, 15) is 4.79 Å². The Balaban J connectivity index is 0.000000861. The molecule has 2 rings (SSSR count). The predicted molar refractivity (Wildman–Crippen MR) is 78.5 cm³/mol. The number of anilines is 1. The Morgan fingerprint density at radius 1 is 1.00 bits per heavy atom. The second-order valence-corrected chi connectivity index (χ2v) is 3.72. The number of carboxylic acids is 1. The SMILES string of the molecule is CC.O=C(O)c1ccc(NCc2ccccc2)cc1. The minimum atomic E-state index is -0.903. The van der Waals surface area contributed by atoms with Gasteiger partial charge in [0.05, 0.1) is 5.56 Å². The molecule has 0 radical (unpaired) electrons. The van der Waals surface area contributed by atoms with E-state index in [0.29, 0.717) is 5.56 Å². The Morgan fingerprint density at radius 2 is 1.58 bits per heavy atom. The van der Waals surface area contributed by atoms with E-state index in [-0.39, 0.29) is 0 Å². The van der Waals surface area contributed by atoms with Gasteiger partial charge in [0.2, 0.25) is 0 Å². The molecule has 100 valence electrons. The maximum Gasteiger partial charge on any atom is 0.335 e. The minimum Gasteiger partial charge on any atom is -0.478 e. The van der Waals surface area contributed by atoms with Crippen molar-refractivity contribution in [2.75, 3.05) is 5.32 Å². The van der Waals surface area contributed by atoms with Crippen LogP contribution in [0.5, 0.6) is 0 Å². The predicted octanol–water partition coefficient (Wildman–Crippen LogP) is 4.02. The second-order valence-electron chi connectivity index (χ2n) is 3.72. The first-order valence-electron chi connectivity index (χ1n) is 6.37. The third-order valence-electron chi connectivity index (χ3n) is 2.47. The summed E-state index contributed by atoms with van der Waals surface area (Å²) in [6.07, 6.45) is 0. The Morgan fingerprint density at radius 3 is 2.11 bits per heavy atom. The summed E-state index contributed by atoms with van der Waals surface area (Å²) in [6.45, 7) is 4.73. The van der Waals surface area contributed by atoms with Gasteiger partial charge in [-0.3, -0.25) is 0 Å². The Bertz CT molecular complexity index is 492. The molecular formula is C16H19NO2. The second kappa shape index (κ2) is 7.93. The third-order valence-corrected chi connectivity index (χ3v) is 2.47. The normalized spacial score (nSPS) is 9.16. The summed E-state index contributed by atoms with van der Waals surface area (Å²) in [6, 6.07) is 16.8. The van der Waals surface area contributed by atoms with Gasteiger partial charge in [0.1, 0.15) is 0 Å². The van der Waals surface area contributed by atoms with Crippen LogP contribution in [0.2, 0.25) is 0 Å². The van der Waals surface area contributed by atoms with E-state index < -0.39 is 5.97 Å². The van der Waals surface area contributed by atoms with Crippen molar-refractivity contribution in [2.24, 2.45) is 0 Å². The molecule has 0 aliphatic carbocycles. The summed E-state index contributed by atoms with van der Waals surface area (Å²) in [5.74, 6) is -0.903. The molecule has 2 N–H and O–H groups in total. The van der Waals surface area contributed by atoms with Gasteiger partial charge in [-0.1, -0.05) is 44.2 Å². The lowest BCUT2D eigenvalue weighted by Crippen LogP contribution is -2.00. The number of hydrogen-bond acceptors (Lipinski definition) is 2. The van der Waals surface area contributed by atoms with E-state index in [0.717, 1.165) is 12.2 Å². The van der Waals surface area contributed by atoms with Crippen molar-refractivity contribution in [3.05, 3.63) is 65.7 Å². The molecule has 2 aromatic rings. The van der Waals surface area contributed by atoms with Gasteiger partial charge < -0.3 is 10.4 Å². The lowest BCUT2D eigenvalue weighted by Gasteiger charge is -2.06. The van der Waals surface area contributed by atoms with Crippen molar-refractivity contribution in [1.29, 1.82) is 0 Å². The van der Waals surface area contributed by atoms with Crippen molar-refractivity contribution < 1.29 is 9.90 Å². The summed E-state index contributed by atoms with van der Waals surface area (Å²) in [4.78, 5) is 10.7. The zero-order valence-electron chi connectivity index (χ0n) is 11.3. The highest BCUT2D eigenvalue weighted by Gasteiger charge is 2.01. The first-order valence-corrected chi connectivity index (χ1v) is 6.37. The number of carbonyl (C=O) groups is 1. The van der Waals surface area contributed by atoms with Gasteiger partial charge in [-0.05, 0) is 29.8 Å². The van der Waals surface area contributed by atoms with Crippen LogP contribution in [-0.2, 0) is 6.54 Å². The molecule has 0 bridgehead atoms. The van der Waals surface area contributed by atoms with Gasteiger partial charge in [0.25, 0.3) is 0 Å². The average Bonchev–Trinajstić information content (AvgIpc) is 2.49. The smallest absolute Gasteiger partial charge is 0.335 e. The topological polar surface area (TPSA) is 49.3 Å². The van der Waals surface area contributed by atoms with E-state index in [1.165, 1.54) is 5.56 Å². The fourth-order valence-electron chi connectivity index (χ4n) is 1.53. The minimum absolute atomic E-state index is 0.301. The van der Waals surface area contributed by atoms with E-state index in [4.69, 9.17) is 5.11 Å². The zero-order valence-corrected chi connectivity index (χ0v) is 11.3. The summed E-state index contributed by atoms with van der Waals surface area (Å²) in [5, 5.41) is 12.0. The molecule has 19 heavy (non-hydrogen) atoms. The van der Waals surface area contributed by atoms with E-state index in [1.807, 2.05) is 44.2 Å². The van der Waals surface area contributed by atoms with Crippen molar-refractivity contribution >= 4 is 11.7 Å². The molecule has 0 aromatic heterocycles. The molecule has 0 unspecified atom stereocenters. The van der Waals surface area contributed by atoms with Gasteiger partial charge in [-0.2, -0.15) is 0 Å². The van der Waals surface area contributed by atoms with Crippen LogP contribution < -0.4 is 5.32 Å². The molecule has 0 spiro atoms. The first kappa shape index (κ1) is 14.8. The number of rotatable bonds is 4. The van der Waals surface area contributed by atoms with Crippen LogP contribution in [0.3, 0.4) is 0 Å². The highest BCUT2D eigenvalue weighted by atomic mass is 16.4. The molecule has 0 aliphatic rings. The quantitative estimate of drug-likeness (QED) is 0.869. The van der Waals surface area contributed by atoms with Crippen LogP contribution in [0, 0.1) is 0 Å². The Kier molecular flexibility index (Phi) is 6.16. The largest absolute Gasteiger partial charge is 0.478 e. The van der Waals surface area contributed by atoms with Crippen LogP contribution in [0.4, 0.5) is 5.69 Å². The lowest BCUT2D eigenvalue weighted by molar-refractivity contribution is 0.0697. The number of hydrogen-bond donors (Lipinski definition) is 2. The van der Waals surface area contributed by atoms with E-state index in [2.05, 4.69) is 5.32 Å². The molecule has 0 saturated heterocycles. The van der Waals surface area contributed by atoms with Gasteiger partial charge in [0.15, 0.2) is 0 Å². The molecule has 0 fully saturated rings. The number of aromatic carboxylic acids is 1. The molecule has 3 heteroatoms. The van der Waals surface area contributed by atoms with Crippen LogP contribution in [0.25, 0.3) is 0 Å². The maximum atomic E-state index is 10.7. The lowest BCUT2D eigenvalue weighted by atomic mass is 10.2. The van der Waals surface area contributed by atoms with E-state index in [1.54, 1.807) is 24.3 Å².